The molecule has 1 N–H and O–H groups in total. The van der Waals surface area contributed by atoms with Crippen molar-refractivity contribution in [3.8, 4) is 17.2 Å². The normalized spacial score (nSPS) is 11.3. The zero-order valence-corrected chi connectivity index (χ0v) is 18.3. The number of hydrogen-bond acceptors (Lipinski definition) is 6. The molecular weight excluding hydrogens is 431 g/mol. The van der Waals surface area contributed by atoms with Crippen molar-refractivity contribution in [1.29, 1.82) is 0 Å². The van der Waals surface area contributed by atoms with Gasteiger partial charge in [-0.2, -0.15) is 4.98 Å². The minimum Gasteiger partial charge on any atom is -0.494 e. The molecule has 1 heterocycles. The van der Waals surface area contributed by atoms with Crippen molar-refractivity contribution in [3.63, 3.8) is 0 Å². The summed E-state index contributed by atoms with van der Waals surface area (Å²) in [6, 6.07) is 19.2. The molecule has 0 unspecified atom stereocenters. The summed E-state index contributed by atoms with van der Waals surface area (Å²) in [7, 11) is -4.04. The quantitative estimate of drug-likeness (QED) is 0.384. The minimum atomic E-state index is -4.04. The lowest BCUT2D eigenvalue weighted by Crippen LogP contribution is -2.05. The molecule has 0 bridgehead atoms. The molecule has 4 aromatic rings. The molecule has 32 heavy (non-hydrogen) atoms. The highest BCUT2D eigenvalue weighted by Gasteiger charge is 2.29. The van der Waals surface area contributed by atoms with Gasteiger partial charge in [0.15, 0.2) is 0 Å². The lowest BCUT2D eigenvalue weighted by Gasteiger charge is -2.08. The van der Waals surface area contributed by atoms with Crippen LogP contribution in [0.5, 0.6) is 5.75 Å². The first kappa shape index (κ1) is 21.6. The van der Waals surface area contributed by atoms with E-state index in [0.717, 1.165) is 5.56 Å². The number of sulfone groups is 1. The number of benzene rings is 3. The molecule has 0 atom stereocenters. The van der Waals surface area contributed by atoms with Gasteiger partial charge >= 0.3 is 0 Å². The van der Waals surface area contributed by atoms with E-state index < -0.39 is 15.7 Å². The molecule has 0 spiro atoms. The average molecular weight is 453 g/mol. The summed E-state index contributed by atoms with van der Waals surface area (Å²) in [5.74, 6) is -0.133. The minimum absolute atomic E-state index is 0.0613. The van der Waals surface area contributed by atoms with Crippen molar-refractivity contribution in [2.45, 2.75) is 23.8 Å². The molecule has 8 heteroatoms. The molecule has 4 rings (SSSR count). The molecular formula is C24H21FN2O4S. The summed E-state index contributed by atoms with van der Waals surface area (Å²) in [4.78, 5) is 4.23. The third-order valence-electron chi connectivity index (χ3n) is 4.71. The maximum atomic E-state index is 14.3. The number of nitrogens with zero attached hydrogens (tertiary/aromatic N) is 1. The van der Waals surface area contributed by atoms with Crippen LogP contribution in [-0.4, -0.2) is 20.0 Å². The Hall–Kier alpha value is -3.65. The first-order valence-electron chi connectivity index (χ1n) is 9.96. The van der Waals surface area contributed by atoms with Crippen molar-refractivity contribution < 1.29 is 22.0 Å². The third kappa shape index (κ3) is 4.36. The molecule has 0 aliphatic rings. The fourth-order valence-corrected chi connectivity index (χ4v) is 4.34. The van der Waals surface area contributed by atoms with Crippen LogP contribution in [-0.2, 0) is 9.84 Å². The highest BCUT2D eigenvalue weighted by Crippen LogP contribution is 2.35. The number of ether oxygens (including phenoxy) is 1. The summed E-state index contributed by atoms with van der Waals surface area (Å²) in [5, 5.41) is 2.63. The summed E-state index contributed by atoms with van der Waals surface area (Å²) in [6.45, 7) is 4.27. The number of hydrogen-bond donors (Lipinski definition) is 1. The van der Waals surface area contributed by atoms with E-state index in [1.54, 1.807) is 42.5 Å². The van der Waals surface area contributed by atoms with E-state index in [-0.39, 0.29) is 27.3 Å². The maximum absolute atomic E-state index is 14.3. The molecule has 0 amide bonds. The smallest absolute Gasteiger partial charge is 0.238 e. The van der Waals surface area contributed by atoms with Gasteiger partial charge in [-0.05, 0) is 62.4 Å². The summed E-state index contributed by atoms with van der Waals surface area (Å²) >= 11 is 0. The zero-order valence-electron chi connectivity index (χ0n) is 17.5. The fourth-order valence-electron chi connectivity index (χ4n) is 3.08. The predicted molar refractivity (Wildman–Crippen MR) is 119 cm³/mol. The number of halogens is 1. The Morgan fingerprint density at radius 1 is 1.00 bits per heavy atom. The Morgan fingerprint density at radius 2 is 1.69 bits per heavy atom. The topological polar surface area (TPSA) is 81.4 Å². The van der Waals surface area contributed by atoms with Crippen LogP contribution >= 0.6 is 0 Å². The Balaban J connectivity index is 1.80. The standard InChI is InChI=1S/C24H21FN2O4S/c1-3-30-18-12-10-17(11-13-18)26-23-24(32(28,29)19-14-8-16(2)9-15-19)27-22(31-23)20-6-4-5-7-21(20)25/h4-15,26H,3H2,1-2H3. The summed E-state index contributed by atoms with van der Waals surface area (Å²) in [6.07, 6.45) is 0. The monoisotopic (exact) mass is 452 g/mol. The first-order chi connectivity index (χ1) is 15.4. The SMILES string of the molecule is CCOc1ccc(Nc2oc(-c3ccccc3F)nc2S(=O)(=O)c2ccc(C)cc2)cc1. The second kappa shape index (κ2) is 8.84. The van der Waals surface area contributed by atoms with Crippen LogP contribution in [0.4, 0.5) is 16.0 Å². The highest BCUT2D eigenvalue weighted by molar-refractivity contribution is 7.91. The van der Waals surface area contributed by atoms with E-state index >= 15 is 0 Å². The largest absolute Gasteiger partial charge is 0.494 e. The zero-order chi connectivity index (χ0) is 22.7. The van der Waals surface area contributed by atoms with E-state index in [1.165, 1.54) is 30.3 Å². The van der Waals surface area contributed by atoms with Gasteiger partial charge < -0.3 is 14.5 Å². The van der Waals surface area contributed by atoms with Gasteiger partial charge in [-0.1, -0.05) is 29.8 Å². The van der Waals surface area contributed by atoms with Gasteiger partial charge in [-0.3, -0.25) is 0 Å². The lowest BCUT2D eigenvalue weighted by molar-refractivity contribution is 0.340. The summed E-state index contributed by atoms with van der Waals surface area (Å²) in [5.41, 5.74) is 1.54. The molecule has 0 radical (unpaired) electrons. The number of aromatic nitrogens is 1. The van der Waals surface area contributed by atoms with Crippen LogP contribution in [0.2, 0.25) is 0 Å². The molecule has 0 aliphatic heterocycles. The van der Waals surface area contributed by atoms with Crippen LogP contribution in [0.15, 0.2) is 87.1 Å². The highest BCUT2D eigenvalue weighted by atomic mass is 32.2. The van der Waals surface area contributed by atoms with Crippen molar-refractivity contribution in [1.82, 2.24) is 4.98 Å². The van der Waals surface area contributed by atoms with E-state index in [4.69, 9.17) is 9.15 Å². The average Bonchev–Trinajstić information content (AvgIpc) is 3.20. The van der Waals surface area contributed by atoms with Gasteiger partial charge in [0.2, 0.25) is 26.6 Å². The van der Waals surface area contributed by atoms with Gasteiger partial charge in [-0.15, -0.1) is 0 Å². The number of oxazole rings is 1. The Morgan fingerprint density at radius 3 is 2.34 bits per heavy atom. The molecule has 0 saturated heterocycles. The molecule has 3 aromatic carbocycles. The molecule has 0 aliphatic carbocycles. The van der Waals surface area contributed by atoms with Gasteiger partial charge in [0.1, 0.15) is 11.6 Å². The summed E-state index contributed by atoms with van der Waals surface area (Å²) < 4.78 is 52.2. The maximum Gasteiger partial charge on any atom is 0.238 e. The first-order valence-corrected chi connectivity index (χ1v) is 11.4. The van der Waals surface area contributed by atoms with Crippen LogP contribution in [0.1, 0.15) is 12.5 Å². The Bertz CT molecular complexity index is 1330. The number of nitrogens with one attached hydrogen (secondary N) is 1. The lowest BCUT2D eigenvalue weighted by atomic mass is 10.2. The molecule has 6 nitrogen and oxygen atoms in total. The van der Waals surface area contributed by atoms with Gasteiger partial charge in [-0.25, -0.2) is 12.8 Å². The number of aryl methyl sites for hydroxylation is 1. The van der Waals surface area contributed by atoms with Gasteiger partial charge in [0, 0.05) is 5.69 Å². The van der Waals surface area contributed by atoms with E-state index in [2.05, 4.69) is 10.3 Å². The van der Waals surface area contributed by atoms with E-state index in [0.29, 0.717) is 18.0 Å². The van der Waals surface area contributed by atoms with Gasteiger partial charge in [0.25, 0.3) is 0 Å². The van der Waals surface area contributed by atoms with E-state index in [9.17, 15) is 12.8 Å². The predicted octanol–water partition coefficient (Wildman–Crippen LogP) is 5.76. The van der Waals surface area contributed by atoms with Crippen LogP contribution < -0.4 is 10.1 Å². The van der Waals surface area contributed by atoms with Crippen LogP contribution in [0, 0.1) is 12.7 Å². The molecule has 1 aromatic heterocycles. The number of rotatable bonds is 7. The van der Waals surface area contributed by atoms with Gasteiger partial charge in [0.05, 0.1) is 17.1 Å². The van der Waals surface area contributed by atoms with Crippen LogP contribution in [0.3, 0.4) is 0 Å². The van der Waals surface area contributed by atoms with Crippen molar-refractivity contribution >= 4 is 21.4 Å². The fraction of sp³-hybridized carbons (Fsp3) is 0.125. The molecule has 164 valence electrons. The Kier molecular flexibility index (Phi) is 5.96. The van der Waals surface area contributed by atoms with Crippen molar-refractivity contribution in [2.24, 2.45) is 0 Å². The number of anilines is 2. The second-order valence-corrected chi connectivity index (χ2v) is 8.90. The van der Waals surface area contributed by atoms with Crippen molar-refractivity contribution in [3.05, 3.63) is 84.2 Å². The molecule has 0 fully saturated rings. The van der Waals surface area contributed by atoms with E-state index in [1.807, 2.05) is 13.8 Å². The third-order valence-corrected chi connectivity index (χ3v) is 6.39. The Labute approximate surface area is 185 Å². The van der Waals surface area contributed by atoms with Crippen LogP contribution in [0.25, 0.3) is 11.5 Å². The van der Waals surface area contributed by atoms with Crippen molar-refractivity contribution in [2.75, 3.05) is 11.9 Å². The second-order valence-electron chi connectivity index (χ2n) is 7.03. The molecule has 0 saturated carbocycles.